The maximum atomic E-state index is 12.5. The lowest BCUT2D eigenvalue weighted by atomic mass is 9.89. The molecule has 0 bridgehead atoms. The van der Waals surface area contributed by atoms with Crippen LogP contribution in [0.2, 0.25) is 0 Å². The van der Waals surface area contributed by atoms with Gasteiger partial charge in [-0.3, -0.25) is 9.78 Å². The van der Waals surface area contributed by atoms with Crippen molar-refractivity contribution >= 4 is 17.6 Å². The van der Waals surface area contributed by atoms with E-state index in [2.05, 4.69) is 28.5 Å². The number of carbonyl (C=O) groups excluding carboxylic acids is 2. The molecule has 0 unspecified atom stereocenters. The molecule has 1 aromatic carbocycles. The number of urea groups is 1. The normalized spacial score (nSPS) is 17.5. The highest BCUT2D eigenvalue weighted by Gasteiger charge is 2.32. The molecule has 6 heteroatoms. The van der Waals surface area contributed by atoms with Crippen LogP contribution in [0.1, 0.15) is 55.6 Å². The van der Waals surface area contributed by atoms with Gasteiger partial charge in [-0.15, -0.1) is 0 Å². The number of likely N-dealkylation sites (tertiary alicyclic amines) is 2. The zero-order valence-corrected chi connectivity index (χ0v) is 17.6. The molecule has 158 valence electrons. The van der Waals surface area contributed by atoms with Crippen LogP contribution < -0.4 is 5.32 Å². The van der Waals surface area contributed by atoms with E-state index in [4.69, 9.17) is 0 Å². The van der Waals surface area contributed by atoms with Crippen LogP contribution in [-0.4, -0.2) is 52.9 Å². The van der Waals surface area contributed by atoms with Crippen molar-refractivity contribution < 1.29 is 9.59 Å². The van der Waals surface area contributed by atoms with E-state index in [1.165, 1.54) is 11.1 Å². The van der Waals surface area contributed by atoms with Crippen molar-refractivity contribution in [1.82, 2.24) is 14.8 Å². The van der Waals surface area contributed by atoms with E-state index in [-0.39, 0.29) is 11.9 Å². The number of hydrogen-bond donors (Lipinski definition) is 1. The standard InChI is InChI=1S/C24H30N4O2/c1-2-4-23(29)27-13-10-19(11-14-27)18-6-8-22(9-7-18)26-24(30)28-16-21(17-28)20-5-3-12-25-15-20/h3,5-9,12,15,19,21H,2,4,10-11,13-14,16-17H2,1H3,(H,26,30). The zero-order chi connectivity index (χ0) is 20.9. The summed E-state index contributed by atoms with van der Waals surface area (Å²) >= 11 is 0. The number of hydrogen-bond acceptors (Lipinski definition) is 3. The van der Waals surface area contributed by atoms with Crippen molar-refractivity contribution in [3.8, 4) is 0 Å². The molecule has 6 nitrogen and oxygen atoms in total. The molecule has 2 fully saturated rings. The quantitative estimate of drug-likeness (QED) is 0.809. The minimum Gasteiger partial charge on any atom is -0.343 e. The SMILES string of the molecule is CCCC(=O)N1CCC(c2ccc(NC(=O)N3CC(c4cccnc4)C3)cc2)CC1. The Hall–Kier alpha value is -2.89. The molecule has 2 saturated heterocycles. The first-order chi connectivity index (χ1) is 14.6. The first kappa shape index (κ1) is 20.4. The highest BCUT2D eigenvalue weighted by molar-refractivity contribution is 5.90. The lowest BCUT2D eigenvalue weighted by Crippen LogP contribution is -2.50. The smallest absolute Gasteiger partial charge is 0.321 e. The third-order valence-corrected chi connectivity index (χ3v) is 6.27. The molecule has 0 atom stereocenters. The van der Waals surface area contributed by atoms with Gasteiger partial charge in [-0.2, -0.15) is 0 Å². The Labute approximate surface area is 178 Å². The van der Waals surface area contributed by atoms with Gasteiger partial charge in [-0.05, 0) is 54.5 Å². The molecule has 2 aliphatic rings. The minimum atomic E-state index is -0.0503. The van der Waals surface area contributed by atoms with Crippen molar-refractivity contribution in [1.29, 1.82) is 0 Å². The molecule has 2 aromatic rings. The van der Waals surface area contributed by atoms with Crippen molar-refractivity contribution in [2.45, 2.75) is 44.4 Å². The maximum absolute atomic E-state index is 12.5. The molecule has 0 radical (unpaired) electrons. The van der Waals surface area contributed by atoms with Crippen LogP contribution in [-0.2, 0) is 4.79 Å². The molecular weight excluding hydrogens is 376 g/mol. The fraction of sp³-hybridized carbons (Fsp3) is 0.458. The van der Waals surface area contributed by atoms with Crippen molar-refractivity contribution in [2.24, 2.45) is 0 Å². The van der Waals surface area contributed by atoms with Crippen molar-refractivity contribution in [3.05, 3.63) is 59.9 Å². The third kappa shape index (κ3) is 4.64. The van der Waals surface area contributed by atoms with Gasteiger partial charge in [0.05, 0.1) is 0 Å². The molecule has 3 amide bonds. The number of pyridine rings is 1. The first-order valence-corrected chi connectivity index (χ1v) is 11.0. The highest BCUT2D eigenvalue weighted by atomic mass is 16.2. The van der Waals surface area contributed by atoms with E-state index < -0.39 is 0 Å². The number of benzene rings is 1. The molecular formula is C24H30N4O2. The molecule has 0 saturated carbocycles. The van der Waals surface area contributed by atoms with Crippen LogP contribution in [0.15, 0.2) is 48.8 Å². The largest absolute Gasteiger partial charge is 0.343 e. The molecule has 0 spiro atoms. The molecule has 1 aromatic heterocycles. The van der Waals surface area contributed by atoms with E-state index in [9.17, 15) is 9.59 Å². The fourth-order valence-corrected chi connectivity index (χ4v) is 4.35. The summed E-state index contributed by atoms with van der Waals surface area (Å²) in [5.41, 5.74) is 3.30. The van der Waals surface area contributed by atoms with Gasteiger partial charge >= 0.3 is 6.03 Å². The van der Waals surface area contributed by atoms with E-state index in [1.54, 1.807) is 6.20 Å². The Balaban J connectivity index is 1.24. The molecule has 2 aliphatic heterocycles. The van der Waals surface area contributed by atoms with Gasteiger partial charge in [0.2, 0.25) is 5.91 Å². The van der Waals surface area contributed by atoms with Gasteiger partial charge in [0.15, 0.2) is 0 Å². The number of rotatable bonds is 5. The van der Waals surface area contributed by atoms with Gasteiger partial charge in [0.25, 0.3) is 0 Å². The highest BCUT2D eigenvalue weighted by Crippen LogP contribution is 2.30. The fourth-order valence-electron chi connectivity index (χ4n) is 4.35. The number of aromatic nitrogens is 1. The van der Waals surface area contributed by atoms with Gasteiger partial charge in [-0.25, -0.2) is 4.79 Å². The summed E-state index contributed by atoms with van der Waals surface area (Å²) in [6.45, 7) is 5.19. The van der Waals surface area contributed by atoms with Crippen molar-refractivity contribution in [3.63, 3.8) is 0 Å². The Bertz CT molecular complexity index is 855. The Morgan fingerprint density at radius 1 is 1.00 bits per heavy atom. The van der Waals surface area contributed by atoms with Gasteiger partial charge < -0.3 is 15.1 Å². The summed E-state index contributed by atoms with van der Waals surface area (Å²) in [5, 5.41) is 3.00. The molecule has 30 heavy (non-hydrogen) atoms. The van der Waals surface area contributed by atoms with Gasteiger partial charge in [0, 0.05) is 56.6 Å². The van der Waals surface area contributed by atoms with Crippen LogP contribution in [0.25, 0.3) is 0 Å². The molecule has 0 aliphatic carbocycles. The summed E-state index contributed by atoms with van der Waals surface area (Å²) in [7, 11) is 0. The van der Waals surface area contributed by atoms with Gasteiger partial charge in [0.1, 0.15) is 0 Å². The molecule has 1 N–H and O–H groups in total. The minimum absolute atomic E-state index is 0.0503. The number of nitrogens with one attached hydrogen (secondary N) is 1. The third-order valence-electron chi connectivity index (χ3n) is 6.27. The van der Waals surface area contributed by atoms with E-state index in [0.29, 0.717) is 18.3 Å². The second kappa shape index (κ2) is 9.28. The number of nitrogens with zero attached hydrogens (tertiary/aromatic N) is 3. The van der Waals surface area contributed by atoms with Crippen LogP contribution >= 0.6 is 0 Å². The lowest BCUT2D eigenvalue weighted by molar-refractivity contribution is -0.132. The first-order valence-electron chi connectivity index (χ1n) is 11.0. The second-order valence-corrected chi connectivity index (χ2v) is 8.35. The van der Waals surface area contributed by atoms with Crippen LogP contribution in [0.4, 0.5) is 10.5 Å². The van der Waals surface area contributed by atoms with Crippen LogP contribution in [0, 0.1) is 0 Å². The Morgan fingerprint density at radius 2 is 1.73 bits per heavy atom. The zero-order valence-electron chi connectivity index (χ0n) is 17.6. The average molecular weight is 407 g/mol. The number of carbonyl (C=O) groups is 2. The van der Waals surface area contributed by atoms with E-state index in [0.717, 1.165) is 51.1 Å². The number of amides is 3. The van der Waals surface area contributed by atoms with Gasteiger partial charge in [-0.1, -0.05) is 25.1 Å². The Kier molecular flexibility index (Phi) is 6.31. The van der Waals surface area contributed by atoms with Crippen LogP contribution in [0.3, 0.4) is 0 Å². The van der Waals surface area contributed by atoms with E-state index >= 15 is 0 Å². The van der Waals surface area contributed by atoms with Crippen molar-refractivity contribution in [2.75, 3.05) is 31.5 Å². The second-order valence-electron chi connectivity index (χ2n) is 8.35. The summed E-state index contributed by atoms with van der Waals surface area (Å²) in [4.78, 5) is 32.5. The maximum Gasteiger partial charge on any atom is 0.321 e. The molecule has 3 heterocycles. The monoisotopic (exact) mass is 406 g/mol. The summed E-state index contributed by atoms with van der Waals surface area (Å²) in [5.74, 6) is 1.14. The van der Waals surface area contributed by atoms with Crippen LogP contribution in [0.5, 0.6) is 0 Å². The summed E-state index contributed by atoms with van der Waals surface area (Å²) < 4.78 is 0. The van der Waals surface area contributed by atoms with E-state index in [1.807, 2.05) is 41.1 Å². The number of piperidine rings is 1. The predicted octanol–water partition coefficient (Wildman–Crippen LogP) is 4.22. The lowest BCUT2D eigenvalue weighted by Gasteiger charge is -2.39. The summed E-state index contributed by atoms with van der Waals surface area (Å²) in [6, 6.07) is 12.1. The average Bonchev–Trinajstić information content (AvgIpc) is 2.74. The Morgan fingerprint density at radius 3 is 2.37 bits per heavy atom. The predicted molar refractivity (Wildman–Crippen MR) is 117 cm³/mol. The number of anilines is 1. The summed E-state index contributed by atoms with van der Waals surface area (Å²) in [6.07, 6.45) is 7.22. The molecule has 4 rings (SSSR count). The topological polar surface area (TPSA) is 65.5 Å².